The average molecular weight is 633 g/mol. The van der Waals surface area contributed by atoms with Gasteiger partial charge in [0, 0.05) is 32.8 Å². The van der Waals surface area contributed by atoms with Crippen LogP contribution in [-0.2, 0) is 0 Å². The monoisotopic (exact) mass is 632 g/mol. The number of rotatable bonds is 7. The molecule has 0 aliphatic rings. The van der Waals surface area contributed by atoms with Crippen molar-refractivity contribution in [1.29, 1.82) is 0 Å². The summed E-state index contributed by atoms with van der Waals surface area (Å²) >= 11 is 3.42. The van der Waals surface area contributed by atoms with Gasteiger partial charge >= 0.3 is 0 Å². The number of benzene rings is 5. The van der Waals surface area contributed by atoms with E-state index in [1.54, 1.807) is 36.9 Å². The predicted molar refractivity (Wildman–Crippen MR) is 195 cm³/mol. The molecule has 222 valence electrons. The molecule has 0 bridgehead atoms. The maximum atomic E-state index is 5.74. The van der Waals surface area contributed by atoms with Crippen LogP contribution in [0.3, 0.4) is 0 Å². The van der Waals surface area contributed by atoms with Crippen molar-refractivity contribution in [2.75, 3.05) is 14.2 Å². The van der Waals surface area contributed by atoms with E-state index in [0.717, 1.165) is 87.5 Å². The molecule has 5 aromatic carbocycles. The van der Waals surface area contributed by atoms with Gasteiger partial charge in [0.2, 0.25) is 0 Å². The summed E-state index contributed by atoms with van der Waals surface area (Å²) in [6, 6.07) is 41.9. The van der Waals surface area contributed by atoms with Crippen molar-refractivity contribution in [3.8, 4) is 33.8 Å². The van der Waals surface area contributed by atoms with Gasteiger partial charge in [0.25, 0.3) is 0 Å². The van der Waals surface area contributed by atoms with Gasteiger partial charge in [0.05, 0.1) is 46.2 Å². The van der Waals surface area contributed by atoms with Crippen molar-refractivity contribution < 1.29 is 9.47 Å². The lowest BCUT2D eigenvalue weighted by Crippen LogP contribution is -2.06. The van der Waals surface area contributed by atoms with Crippen molar-refractivity contribution >= 4 is 66.0 Å². The minimum absolute atomic E-state index is 0.796. The fraction of sp³-hybridized carbons (Fsp3) is 0.0500. The third-order valence-electron chi connectivity index (χ3n) is 8.27. The minimum atomic E-state index is 0.796. The van der Waals surface area contributed by atoms with Gasteiger partial charge in [-0.1, -0.05) is 66.7 Å². The summed E-state index contributed by atoms with van der Waals surface area (Å²) < 4.78 is 12.3. The lowest BCUT2D eigenvalue weighted by Gasteiger charge is -2.21. The summed E-state index contributed by atoms with van der Waals surface area (Å²) in [5.41, 5.74) is 9.26. The van der Waals surface area contributed by atoms with E-state index in [0.29, 0.717) is 0 Å². The molecule has 0 amide bonds. The van der Waals surface area contributed by atoms with Crippen LogP contribution in [0.4, 0.5) is 5.69 Å². The first-order chi connectivity index (χ1) is 22.7. The fourth-order valence-corrected chi connectivity index (χ4v) is 7.82. The Hall–Kier alpha value is -5.30. The summed E-state index contributed by atoms with van der Waals surface area (Å²) in [5, 5.41) is 7.56. The highest BCUT2D eigenvalue weighted by molar-refractivity contribution is 7.18. The normalized spacial score (nSPS) is 11.8. The molecule has 0 aliphatic heterocycles. The van der Waals surface area contributed by atoms with Crippen LogP contribution in [0.5, 0.6) is 11.5 Å². The molecule has 0 N–H and O–H groups in total. The first-order valence-electron chi connectivity index (χ1n) is 15.0. The summed E-state index contributed by atoms with van der Waals surface area (Å²) in [6.07, 6.45) is 0. The van der Waals surface area contributed by atoms with Gasteiger partial charge in [-0.2, -0.15) is 0 Å². The topological polar surface area (TPSA) is 43.7 Å². The van der Waals surface area contributed by atoms with Crippen molar-refractivity contribution in [3.63, 3.8) is 0 Å². The molecule has 0 atom stereocenters. The molecule has 0 saturated carbocycles. The third kappa shape index (κ3) is 4.83. The Labute approximate surface area is 274 Å². The molecule has 0 unspecified atom stereocenters. The third-order valence-corrected chi connectivity index (χ3v) is 10.1. The minimum Gasteiger partial charge on any atom is -0.497 e. The standard InChI is InChI=1S/C40H28N2O2S2/c1-43-28-17-15-27(16-18-28)41-38(33-14-9-22-45-33)36-30-21-23-46-40(30)39-37(35(36)26-12-7-4-8-13-26)34(25-10-5-3-6-11-25)31-24-29(44-2)19-20-32(31)42-39/h3-24H,1-2H3. The molecule has 0 radical (unpaired) electrons. The molecule has 8 aromatic rings. The quantitative estimate of drug-likeness (QED) is 0.130. The molecule has 0 fully saturated rings. The number of ether oxygens (including phenoxy) is 2. The summed E-state index contributed by atoms with van der Waals surface area (Å²) in [7, 11) is 3.39. The smallest absolute Gasteiger partial charge is 0.119 e. The summed E-state index contributed by atoms with van der Waals surface area (Å²) in [5.74, 6) is 1.60. The number of fused-ring (bicyclic) bond motifs is 4. The summed E-state index contributed by atoms with van der Waals surface area (Å²) in [6.45, 7) is 0. The highest BCUT2D eigenvalue weighted by Gasteiger charge is 2.26. The van der Waals surface area contributed by atoms with Gasteiger partial charge in [0.15, 0.2) is 0 Å². The lowest BCUT2D eigenvalue weighted by atomic mass is 9.85. The maximum Gasteiger partial charge on any atom is 0.119 e. The van der Waals surface area contributed by atoms with Crippen LogP contribution in [0.25, 0.3) is 54.1 Å². The highest BCUT2D eigenvalue weighted by Crippen LogP contribution is 2.48. The number of methoxy groups -OCH3 is 2. The predicted octanol–water partition coefficient (Wildman–Crippen LogP) is 11.2. The molecule has 4 nitrogen and oxygen atoms in total. The van der Waals surface area contributed by atoms with Crippen LogP contribution >= 0.6 is 22.7 Å². The largest absolute Gasteiger partial charge is 0.497 e. The van der Waals surface area contributed by atoms with Crippen LogP contribution in [0.15, 0.2) is 137 Å². The summed E-state index contributed by atoms with van der Waals surface area (Å²) in [4.78, 5) is 11.9. The average Bonchev–Trinajstić information content (AvgIpc) is 3.84. The number of pyridine rings is 1. The Morgan fingerprint density at radius 1 is 0.630 bits per heavy atom. The van der Waals surface area contributed by atoms with Gasteiger partial charge in [-0.05, 0) is 76.5 Å². The van der Waals surface area contributed by atoms with Crippen LogP contribution in [-0.4, -0.2) is 24.9 Å². The second-order valence-corrected chi connectivity index (χ2v) is 12.7. The Morgan fingerprint density at radius 3 is 2.00 bits per heavy atom. The van der Waals surface area contributed by atoms with Crippen molar-refractivity contribution in [2.24, 2.45) is 4.99 Å². The van der Waals surface area contributed by atoms with Crippen LogP contribution in [0.2, 0.25) is 0 Å². The fourth-order valence-electron chi connectivity index (χ4n) is 6.20. The van der Waals surface area contributed by atoms with Gasteiger partial charge in [-0.3, -0.25) is 0 Å². The molecular formula is C40H28N2O2S2. The molecular weight excluding hydrogens is 605 g/mol. The van der Waals surface area contributed by atoms with E-state index in [1.807, 2.05) is 30.3 Å². The Kier molecular flexibility index (Phi) is 7.29. The Bertz CT molecular complexity index is 2360. The molecule has 0 spiro atoms. The molecule has 6 heteroatoms. The zero-order valence-electron chi connectivity index (χ0n) is 25.2. The van der Waals surface area contributed by atoms with E-state index in [4.69, 9.17) is 19.5 Å². The van der Waals surface area contributed by atoms with Gasteiger partial charge in [-0.15, -0.1) is 22.7 Å². The number of hydrogen-bond donors (Lipinski definition) is 0. The Morgan fingerprint density at radius 2 is 1.33 bits per heavy atom. The van der Waals surface area contributed by atoms with E-state index in [2.05, 4.69) is 102 Å². The maximum absolute atomic E-state index is 5.74. The van der Waals surface area contributed by atoms with Crippen molar-refractivity contribution in [3.05, 3.63) is 143 Å². The zero-order valence-corrected chi connectivity index (χ0v) is 26.9. The van der Waals surface area contributed by atoms with E-state index < -0.39 is 0 Å². The van der Waals surface area contributed by atoms with E-state index >= 15 is 0 Å². The van der Waals surface area contributed by atoms with Gasteiger partial charge < -0.3 is 9.47 Å². The molecule has 46 heavy (non-hydrogen) atoms. The van der Waals surface area contributed by atoms with Gasteiger partial charge in [-0.25, -0.2) is 9.98 Å². The van der Waals surface area contributed by atoms with Crippen LogP contribution < -0.4 is 9.47 Å². The SMILES string of the molecule is COc1ccc(N=C(c2cccs2)c2c(-c3ccccc3)c3c(-c4ccccc4)c4cc(OC)ccc4nc3c3sccc23)cc1. The molecule has 0 saturated heterocycles. The number of thiophene rings is 2. The number of aliphatic imine (C=N–C) groups is 1. The van der Waals surface area contributed by atoms with E-state index in [9.17, 15) is 0 Å². The molecule has 8 rings (SSSR count). The van der Waals surface area contributed by atoms with Gasteiger partial charge in [0.1, 0.15) is 11.5 Å². The van der Waals surface area contributed by atoms with E-state index in [1.165, 1.54) is 0 Å². The van der Waals surface area contributed by atoms with Crippen LogP contribution in [0, 0.1) is 0 Å². The highest BCUT2D eigenvalue weighted by atomic mass is 32.1. The van der Waals surface area contributed by atoms with Crippen molar-refractivity contribution in [2.45, 2.75) is 0 Å². The first kappa shape index (κ1) is 28.2. The molecule has 3 aromatic heterocycles. The number of aromatic nitrogens is 1. The number of nitrogens with zero attached hydrogens (tertiary/aromatic N) is 2. The second-order valence-electron chi connectivity index (χ2n) is 10.9. The van der Waals surface area contributed by atoms with Crippen molar-refractivity contribution in [1.82, 2.24) is 4.98 Å². The number of hydrogen-bond acceptors (Lipinski definition) is 6. The lowest BCUT2D eigenvalue weighted by molar-refractivity contribution is 0.415. The van der Waals surface area contributed by atoms with E-state index in [-0.39, 0.29) is 0 Å². The molecule has 3 heterocycles. The first-order valence-corrected chi connectivity index (χ1v) is 16.7. The zero-order chi connectivity index (χ0) is 31.0. The Balaban J connectivity index is 1.61. The second kappa shape index (κ2) is 11.9. The molecule has 0 aliphatic carbocycles. The van der Waals surface area contributed by atoms with Crippen LogP contribution in [0.1, 0.15) is 10.4 Å².